The van der Waals surface area contributed by atoms with Crippen molar-refractivity contribution in [3.05, 3.63) is 91.3 Å². The van der Waals surface area contributed by atoms with Gasteiger partial charge in [0.15, 0.2) is 11.5 Å². The van der Waals surface area contributed by atoms with E-state index in [0.717, 1.165) is 25.6 Å². The standard InChI is InChI=1S/C23H16Br2ClNO2/c1-28-22-11-17(9-18(13-27)16-3-2-4-20(26)10-16)21(25)12-23(22)29-14-15-5-7-19(24)8-6-15/h2-12H,14H2,1H3/b18-9+. The number of halogens is 3. The van der Waals surface area contributed by atoms with Crippen LogP contribution in [-0.2, 0) is 6.61 Å². The maximum absolute atomic E-state index is 9.60. The highest BCUT2D eigenvalue weighted by atomic mass is 79.9. The highest BCUT2D eigenvalue weighted by molar-refractivity contribution is 9.10. The van der Waals surface area contributed by atoms with Crippen molar-refractivity contribution < 1.29 is 9.47 Å². The summed E-state index contributed by atoms with van der Waals surface area (Å²) in [4.78, 5) is 0. The van der Waals surface area contributed by atoms with Gasteiger partial charge in [0.2, 0.25) is 0 Å². The molecule has 3 aromatic carbocycles. The molecule has 0 fully saturated rings. The van der Waals surface area contributed by atoms with Gasteiger partial charge in [-0.3, -0.25) is 0 Å². The largest absolute Gasteiger partial charge is 0.493 e. The van der Waals surface area contributed by atoms with Crippen molar-refractivity contribution in [3.8, 4) is 17.6 Å². The number of allylic oxidation sites excluding steroid dienone is 1. The SMILES string of the molecule is COc1cc(/C=C(\C#N)c2cccc(Cl)c2)c(Br)cc1OCc1ccc(Br)cc1. The van der Waals surface area contributed by atoms with E-state index in [4.69, 9.17) is 21.1 Å². The van der Waals surface area contributed by atoms with Crippen LogP contribution in [0.15, 0.2) is 69.6 Å². The zero-order valence-electron chi connectivity index (χ0n) is 15.5. The van der Waals surface area contributed by atoms with Crippen LogP contribution in [0.5, 0.6) is 11.5 Å². The Kier molecular flexibility index (Phi) is 7.38. The minimum atomic E-state index is 0.414. The topological polar surface area (TPSA) is 42.2 Å². The average molecular weight is 534 g/mol. The highest BCUT2D eigenvalue weighted by Gasteiger charge is 2.11. The summed E-state index contributed by atoms with van der Waals surface area (Å²) in [5.41, 5.74) is 3.10. The lowest BCUT2D eigenvalue weighted by Crippen LogP contribution is -1.98. The van der Waals surface area contributed by atoms with Gasteiger partial charge in [-0.25, -0.2) is 0 Å². The maximum Gasteiger partial charge on any atom is 0.162 e. The molecule has 0 saturated carbocycles. The number of methoxy groups -OCH3 is 1. The molecule has 6 heteroatoms. The molecule has 0 aliphatic rings. The van der Waals surface area contributed by atoms with Gasteiger partial charge in [-0.2, -0.15) is 5.26 Å². The molecule has 3 nitrogen and oxygen atoms in total. The molecule has 0 spiro atoms. The lowest BCUT2D eigenvalue weighted by molar-refractivity contribution is 0.284. The van der Waals surface area contributed by atoms with Gasteiger partial charge in [0.1, 0.15) is 6.61 Å². The van der Waals surface area contributed by atoms with Crippen LogP contribution in [0.3, 0.4) is 0 Å². The molecule has 0 unspecified atom stereocenters. The molecule has 0 aliphatic carbocycles. The lowest BCUT2D eigenvalue weighted by Gasteiger charge is -2.13. The van der Waals surface area contributed by atoms with Crippen molar-refractivity contribution in [1.29, 1.82) is 5.26 Å². The van der Waals surface area contributed by atoms with E-state index in [9.17, 15) is 5.26 Å². The fourth-order valence-electron chi connectivity index (χ4n) is 2.67. The van der Waals surface area contributed by atoms with Gasteiger partial charge in [-0.1, -0.05) is 67.7 Å². The zero-order chi connectivity index (χ0) is 20.8. The molecule has 3 aromatic rings. The first-order valence-electron chi connectivity index (χ1n) is 8.62. The van der Waals surface area contributed by atoms with Crippen molar-refractivity contribution in [2.24, 2.45) is 0 Å². The van der Waals surface area contributed by atoms with E-state index >= 15 is 0 Å². The average Bonchev–Trinajstić information content (AvgIpc) is 2.72. The fourth-order valence-corrected chi connectivity index (χ4v) is 3.56. The van der Waals surface area contributed by atoms with Crippen LogP contribution in [0.4, 0.5) is 0 Å². The third-order valence-corrected chi connectivity index (χ3v) is 5.60. The summed E-state index contributed by atoms with van der Waals surface area (Å²) >= 11 is 13.1. The Morgan fingerprint density at radius 1 is 1.07 bits per heavy atom. The van der Waals surface area contributed by atoms with Gasteiger partial charge in [-0.05, 0) is 59.2 Å². The van der Waals surface area contributed by atoms with Crippen LogP contribution in [0.1, 0.15) is 16.7 Å². The second kappa shape index (κ2) is 9.98. The predicted octanol–water partition coefficient (Wildman–Crippen LogP) is 7.52. The van der Waals surface area contributed by atoms with Crippen LogP contribution in [0.2, 0.25) is 5.02 Å². The van der Waals surface area contributed by atoms with E-state index in [1.807, 2.05) is 48.5 Å². The number of nitrogens with zero attached hydrogens (tertiary/aromatic N) is 1. The van der Waals surface area contributed by atoms with Crippen molar-refractivity contribution in [1.82, 2.24) is 0 Å². The molecule has 0 aliphatic heterocycles. The van der Waals surface area contributed by atoms with Crippen molar-refractivity contribution in [3.63, 3.8) is 0 Å². The summed E-state index contributed by atoms with van der Waals surface area (Å²) in [7, 11) is 1.59. The van der Waals surface area contributed by atoms with Gasteiger partial charge < -0.3 is 9.47 Å². The zero-order valence-corrected chi connectivity index (χ0v) is 19.4. The summed E-state index contributed by atoms with van der Waals surface area (Å²) < 4.78 is 13.3. The van der Waals surface area contributed by atoms with Gasteiger partial charge >= 0.3 is 0 Å². The molecular formula is C23H16Br2ClNO2. The summed E-state index contributed by atoms with van der Waals surface area (Å²) in [6, 6.07) is 21.0. The molecule has 0 bridgehead atoms. The van der Waals surface area contributed by atoms with E-state index in [2.05, 4.69) is 37.9 Å². The Hall–Kier alpha value is -2.26. The van der Waals surface area contributed by atoms with Crippen LogP contribution < -0.4 is 9.47 Å². The Morgan fingerprint density at radius 3 is 2.48 bits per heavy atom. The van der Waals surface area contributed by atoms with Crippen LogP contribution in [0, 0.1) is 11.3 Å². The van der Waals surface area contributed by atoms with Gasteiger partial charge in [0.25, 0.3) is 0 Å². The molecule has 0 amide bonds. The molecule has 0 aromatic heterocycles. The van der Waals surface area contributed by atoms with Crippen LogP contribution >= 0.6 is 43.5 Å². The fraction of sp³-hybridized carbons (Fsp3) is 0.0870. The highest BCUT2D eigenvalue weighted by Crippen LogP contribution is 2.36. The smallest absolute Gasteiger partial charge is 0.162 e. The molecule has 0 heterocycles. The summed E-state index contributed by atoms with van der Waals surface area (Å²) in [6.45, 7) is 0.414. The van der Waals surface area contributed by atoms with E-state index in [1.165, 1.54) is 0 Å². The second-order valence-corrected chi connectivity index (χ2v) is 8.33. The van der Waals surface area contributed by atoms with E-state index in [0.29, 0.717) is 28.7 Å². The Morgan fingerprint density at radius 2 is 1.83 bits per heavy atom. The summed E-state index contributed by atoms with van der Waals surface area (Å²) in [6.07, 6.45) is 1.79. The normalized spacial score (nSPS) is 11.1. The molecule has 0 saturated heterocycles. The third-order valence-electron chi connectivity index (χ3n) is 4.15. The van der Waals surface area contributed by atoms with E-state index < -0.39 is 0 Å². The van der Waals surface area contributed by atoms with Crippen molar-refractivity contribution in [2.75, 3.05) is 7.11 Å². The Bertz CT molecular complexity index is 1090. The van der Waals surface area contributed by atoms with Crippen LogP contribution in [0.25, 0.3) is 11.6 Å². The first-order valence-corrected chi connectivity index (χ1v) is 10.6. The Balaban J connectivity index is 1.89. The van der Waals surface area contributed by atoms with Crippen LogP contribution in [-0.4, -0.2) is 7.11 Å². The summed E-state index contributed by atoms with van der Waals surface area (Å²) in [5, 5.41) is 10.2. The number of ether oxygens (including phenoxy) is 2. The number of benzene rings is 3. The number of hydrogen-bond acceptors (Lipinski definition) is 3. The first-order chi connectivity index (χ1) is 14.0. The lowest BCUT2D eigenvalue weighted by atomic mass is 10.0. The predicted molar refractivity (Wildman–Crippen MR) is 124 cm³/mol. The molecule has 29 heavy (non-hydrogen) atoms. The molecular weight excluding hydrogens is 518 g/mol. The Labute approximate surface area is 191 Å². The minimum absolute atomic E-state index is 0.414. The number of hydrogen-bond donors (Lipinski definition) is 0. The molecule has 0 atom stereocenters. The van der Waals surface area contributed by atoms with Gasteiger partial charge in [0, 0.05) is 14.0 Å². The number of nitriles is 1. The molecule has 146 valence electrons. The van der Waals surface area contributed by atoms with Crippen molar-refractivity contribution in [2.45, 2.75) is 6.61 Å². The summed E-state index contributed by atoms with van der Waals surface area (Å²) in [5.74, 6) is 1.20. The molecule has 3 rings (SSSR count). The molecule has 0 N–H and O–H groups in total. The second-order valence-electron chi connectivity index (χ2n) is 6.12. The van der Waals surface area contributed by atoms with E-state index in [1.54, 1.807) is 25.3 Å². The van der Waals surface area contributed by atoms with Crippen molar-refractivity contribution >= 4 is 55.1 Å². The van der Waals surface area contributed by atoms with Gasteiger partial charge in [-0.15, -0.1) is 0 Å². The van der Waals surface area contributed by atoms with Gasteiger partial charge in [0.05, 0.1) is 18.8 Å². The third kappa shape index (κ3) is 5.63. The first kappa shape index (κ1) is 21.4. The maximum atomic E-state index is 9.60. The molecule has 0 radical (unpaired) electrons. The number of rotatable bonds is 6. The van der Waals surface area contributed by atoms with E-state index in [-0.39, 0.29) is 0 Å². The minimum Gasteiger partial charge on any atom is -0.493 e. The monoisotopic (exact) mass is 531 g/mol. The quantitative estimate of drug-likeness (QED) is 0.243.